The van der Waals surface area contributed by atoms with E-state index in [2.05, 4.69) is 20.6 Å². The van der Waals surface area contributed by atoms with Crippen molar-refractivity contribution in [2.24, 2.45) is 0 Å². The first kappa shape index (κ1) is 12.8. The van der Waals surface area contributed by atoms with Gasteiger partial charge in [0, 0.05) is 16.1 Å². The van der Waals surface area contributed by atoms with Crippen LogP contribution >= 0.6 is 11.6 Å². The fraction of sp³-hybridized carbons (Fsp3) is 0.231. The summed E-state index contributed by atoms with van der Waals surface area (Å²) in [6.07, 6.45) is 0. The van der Waals surface area contributed by atoms with Crippen molar-refractivity contribution < 1.29 is 4.52 Å². The Labute approximate surface area is 120 Å². The first-order chi connectivity index (χ1) is 9.63. The lowest BCUT2D eigenvalue weighted by Gasteiger charge is -1.97. The predicted molar refractivity (Wildman–Crippen MR) is 73.3 cm³/mol. The van der Waals surface area contributed by atoms with Crippen molar-refractivity contribution in [1.29, 1.82) is 0 Å². The molecule has 0 unspecified atom stereocenters. The number of tetrazole rings is 1. The highest BCUT2D eigenvalue weighted by Crippen LogP contribution is 2.19. The van der Waals surface area contributed by atoms with Gasteiger partial charge in [-0.05, 0) is 31.2 Å². The average molecular weight is 290 g/mol. The lowest BCUT2D eigenvalue weighted by Crippen LogP contribution is -2.05. The molecule has 0 atom stereocenters. The Bertz CT molecular complexity index is 729. The largest absolute Gasteiger partial charge is 0.361 e. The van der Waals surface area contributed by atoms with Crippen LogP contribution in [0.4, 0.5) is 0 Å². The summed E-state index contributed by atoms with van der Waals surface area (Å²) in [5, 5.41) is 17.0. The van der Waals surface area contributed by atoms with Crippen LogP contribution in [0.3, 0.4) is 0 Å². The third kappa shape index (κ3) is 2.42. The number of halogens is 1. The molecule has 0 amide bonds. The zero-order valence-electron chi connectivity index (χ0n) is 11.0. The summed E-state index contributed by atoms with van der Waals surface area (Å²) >= 11 is 5.95. The minimum atomic E-state index is 0.481. The quantitative estimate of drug-likeness (QED) is 0.741. The Morgan fingerprint density at radius 3 is 2.85 bits per heavy atom. The van der Waals surface area contributed by atoms with Crippen molar-refractivity contribution in [1.82, 2.24) is 25.4 Å². The number of aromatic nitrogens is 5. The molecular formula is C13H12ClN5O. The van der Waals surface area contributed by atoms with Gasteiger partial charge in [0.2, 0.25) is 5.82 Å². The molecule has 2 heterocycles. The van der Waals surface area contributed by atoms with E-state index in [1.54, 1.807) is 12.1 Å². The second kappa shape index (κ2) is 5.05. The fourth-order valence-corrected chi connectivity index (χ4v) is 2.11. The highest BCUT2D eigenvalue weighted by molar-refractivity contribution is 6.30. The number of nitrogens with zero attached hydrogens (tertiary/aromatic N) is 5. The van der Waals surface area contributed by atoms with Crippen molar-refractivity contribution >= 4 is 11.6 Å². The van der Waals surface area contributed by atoms with Crippen molar-refractivity contribution in [2.75, 3.05) is 0 Å². The van der Waals surface area contributed by atoms with Crippen LogP contribution in [0.25, 0.3) is 11.4 Å². The lowest BCUT2D eigenvalue weighted by atomic mass is 10.2. The lowest BCUT2D eigenvalue weighted by molar-refractivity contribution is 0.391. The van der Waals surface area contributed by atoms with Gasteiger partial charge in [-0.25, -0.2) is 0 Å². The van der Waals surface area contributed by atoms with Gasteiger partial charge in [-0.15, -0.1) is 10.2 Å². The molecule has 102 valence electrons. The van der Waals surface area contributed by atoms with Gasteiger partial charge in [-0.3, -0.25) is 0 Å². The predicted octanol–water partition coefficient (Wildman–Crippen LogP) is 2.65. The summed E-state index contributed by atoms with van der Waals surface area (Å²) in [6, 6.07) is 7.36. The third-order valence-electron chi connectivity index (χ3n) is 3.02. The molecule has 0 bridgehead atoms. The van der Waals surface area contributed by atoms with Gasteiger partial charge >= 0.3 is 0 Å². The number of rotatable bonds is 3. The van der Waals surface area contributed by atoms with Crippen LogP contribution in [0, 0.1) is 13.8 Å². The minimum absolute atomic E-state index is 0.481. The van der Waals surface area contributed by atoms with Crippen molar-refractivity contribution in [2.45, 2.75) is 20.4 Å². The van der Waals surface area contributed by atoms with E-state index in [4.69, 9.17) is 16.1 Å². The molecule has 0 spiro atoms. The highest BCUT2D eigenvalue weighted by atomic mass is 35.5. The van der Waals surface area contributed by atoms with Crippen LogP contribution in [-0.4, -0.2) is 25.4 Å². The highest BCUT2D eigenvalue weighted by Gasteiger charge is 2.12. The van der Waals surface area contributed by atoms with Gasteiger partial charge in [-0.2, -0.15) is 4.80 Å². The average Bonchev–Trinajstić information content (AvgIpc) is 3.01. The second-order valence-electron chi connectivity index (χ2n) is 4.46. The molecule has 0 fully saturated rings. The number of aryl methyl sites for hydroxylation is 2. The van der Waals surface area contributed by atoms with Crippen molar-refractivity contribution in [3.05, 3.63) is 46.3 Å². The standard InChI is InChI=1S/C13H12ClN5O/c1-8-12(9(2)20-17-8)7-19-16-13(15-18-19)10-4-3-5-11(14)6-10/h3-6H,7H2,1-2H3. The van der Waals surface area contributed by atoms with E-state index in [1.165, 1.54) is 4.80 Å². The summed E-state index contributed by atoms with van der Waals surface area (Å²) in [4.78, 5) is 1.52. The molecule has 0 aliphatic rings. The van der Waals surface area contributed by atoms with Crippen LogP contribution in [0.2, 0.25) is 5.02 Å². The molecule has 0 saturated carbocycles. The van der Waals surface area contributed by atoms with Crippen LogP contribution in [0.5, 0.6) is 0 Å². The number of benzene rings is 1. The molecule has 2 aromatic heterocycles. The Kier molecular flexibility index (Phi) is 3.23. The Balaban J connectivity index is 1.88. The molecule has 7 heteroatoms. The zero-order valence-corrected chi connectivity index (χ0v) is 11.8. The van der Waals surface area contributed by atoms with Crippen molar-refractivity contribution in [3.8, 4) is 11.4 Å². The molecule has 0 aliphatic carbocycles. The smallest absolute Gasteiger partial charge is 0.204 e. The van der Waals surface area contributed by atoms with Crippen LogP contribution < -0.4 is 0 Å². The molecule has 6 nitrogen and oxygen atoms in total. The number of hydrogen-bond donors (Lipinski definition) is 0. The Morgan fingerprint density at radius 1 is 1.30 bits per heavy atom. The first-order valence-electron chi connectivity index (χ1n) is 6.09. The molecule has 0 radical (unpaired) electrons. The van der Waals surface area contributed by atoms with Crippen LogP contribution in [0.1, 0.15) is 17.0 Å². The van der Waals surface area contributed by atoms with E-state index < -0.39 is 0 Å². The van der Waals surface area contributed by atoms with Crippen LogP contribution in [0.15, 0.2) is 28.8 Å². The van der Waals surface area contributed by atoms with Gasteiger partial charge in [0.05, 0.1) is 12.2 Å². The first-order valence-corrected chi connectivity index (χ1v) is 6.47. The van der Waals surface area contributed by atoms with E-state index >= 15 is 0 Å². The maximum Gasteiger partial charge on any atom is 0.204 e. The normalized spacial score (nSPS) is 10.9. The van der Waals surface area contributed by atoms with E-state index in [-0.39, 0.29) is 0 Å². The second-order valence-corrected chi connectivity index (χ2v) is 4.89. The summed E-state index contributed by atoms with van der Waals surface area (Å²) in [6.45, 7) is 4.24. The molecule has 0 N–H and O–H groups in total. The molecular weight excluding hydrogens is 278 g/mol. The summed E-state index contributed by atoms with van der Waals surface area (Å²) in [5.41, 5.74) is 2.65. The molecule has 0 aliphatic heterocycles. The minimum Gasteiger partial charge on any atom is -0.361 e. The Morgan fingerprint density at radius 2 is 2.15 bits per heavy atom. The van der Waals surface area contributed by atoms with Gasteiger partial charge in [0.15, 0.2) is 0 Å². The van der Waals surface area contributed by atoms with Crippen LogP contribution in [-0.2, 0) is 6.54 Å². The van der Waals surface area contributed by atoms with Gasteiger partial charge in [0.25, 0.3) is 0 Å². The molecule has 3 rings (SSSR count). The summed E-state index contributed by atoms with van der Waals surface area (Å²) < 4.78 is 5.12. The maximum absolute atomic E-state index is 5.95. The van der Waals surface area contributed by atoms with E-state index in [1.807, 2.05) is 26.0 Å². The zero-order chi connectivity index (χ0) is 14.1. The Hall–Kier alpha value is -2.21. The maximum atomic E-state index is 5.95. The summed E-state index contributed by atoms with van der Waals surface area (Å²) in [5.74, 6) is 1.31. The van der Waals surface area contributed by atoms with E-state index in [0.29, 0.717) is 17.4 Å². The van der Waals surface area contributed by atoms with E-state index in [0.717, 1.165) is 22.6 Å². The summed E-state index contributed by atoms with van der Waals surface area (Å²) in [7, 11) is 0. The molecule has 1 aromatic carbocycles. The number of hydrogen-bond acceptors (Lipinski definition) is 5. The van der Waals surface area contributed by atoms with Gasteiger partial charge in [0.1, 0.15) is 5.76 Å². The molecule has 20 heavy (non-hydrogen) atoms. The van der Waals surface area contributed by atoms with Gasteiger partial charge in [-0.1, -0.05) is 28.9 Å². The van der Waals surface area contributed by atoms with Gasteiger partial charge < -0.3 is 4.52 Å². The SMILES string of the molecule is Cc1noc(C)c1Cn1nnc(-c2cccc(Cl)c2)n1. The fourth-order valence-electron chi connectivity index (χ4n) is 1.92. The topological polar surface area (TPSA) is 69.6 Å². The molecule has 0 saturated heterocycles. The monoisotopic (exact) mass is 289 g/mol. The van der Waals surface area contributed by atoms with Crippen molar-refractivity contribution in [3.63, 3.8) is 0 Å². The third-order valence-corrected chi connectivity index (χ3v) is 3.25. The molecule has 3 aromatic rings. The van der Waals surface area contributed by atoms with E-state index in [9.17, 15) is 0 Å².